The molecule has 122 valence electrons. The molecule has 4 N–H and O–H groups in total. The van der Waals surface area contributed by atoms with Crippen molar-refractivity contribution in [2.75, 3.05) is 25.0 Å². The highest BCUT2D eigenvalue weighted by Crippen LogP contribution is 2.31. The van der Waals surface area contributed by atoms with Crippen molar-refractivity contribution in [3.8, 4) is 0 Å². The predicted molar refractivity (Wildman–Crippen MR) is 88.9 cm³/mol. The molecule has 0 aliphatic carbocycles. The fourth-order valence-electron chi connectivity index (χ4n) is 3.21. The van der Waals surface area contributed by atoms with Crippen molar-refractivity contribution in [1.29, 1.82) is 0 Å². The summed E-state index contributed by atoms with van der Waals surface area (Å²) in [5.41, 5.74) is 2.51. The number of anilines is 1. The Kier molecular flexibility index (Phi) is 4.11. The van der Waals surface area contributed by atoms with Gasteiger partial charge in [-0.15, -0.1) is 11.3 Å². The number of H-pyrrole nitrogens is 1. The van der Waals surface area contributed by atoms with Crippen LogP contribution in [-0.4, -0.2) is 40.7 Å². The second kappa shape index (κ2) is 6.38. The van der Waals surface area contributed by atoms with Gasteiger partial charge in [-0.3, -0.25) is 15.2 Å². The van der Waals surface area contributed by atoms with Crippen molar-refractivity contribution in [1.82, 2.24) is 25.8 Å². The van der Waals surface area contributed by atoms with Crippen LogP contribution in [0.5, 0.6) is 0 Å². The highest BCUT2D eigenvalue weighted by Gasteiger charge is 2.23. The minimum atomic E-state index is -0.183. The van der Waals surface area contributed by atoms with E-state index in [4.69, 9.17) is 0 Å². The van der Waals surface area contributed by atoms with Gasteiger partial charge in [-0.1, -0.05) is 0 Å². The van der Waals surface area contributed by atoms with Gasteiger partial charge in [0, 0.05) is 41.8 Å². The van der Waals surface area contributed by atoms with E-state index in [9.17, 15) is 4.79 Å². The molecule has 2 aliphatic rings. The van der Waals surface area contributed by atoms with Crippen molar-refractivity contribution >= 4 is 22.4 Å². The third-order valence-corrected chi connectivity index (χ3v) is 5.58. The van der Waals surface area contributed by atoms with E-state index in [1.54, 1.807) is 11.3 Å². The fourth-order valence-corrected chi connectivity index (χ4v) is 4.19. The average molecular weight is 332 g/mol. The fraction of sp³-hybridized carbons (Fsp3) is 0.533. The van der Waals surface area contributed by atoms with Crippen LogP contribution in [0.15, 0.2) is 6.20 Å². The summed E-state index contributed by atoms with van der Waals surface area (Å²) in [7, 11) is 0. The van der Waals surface area contributed by atoms with E-state index in [0.717, 1.165) is 50.2 Å². The molecule has 23 heavy (non-hydrogen) atoms. The second-order valence-corrected chi connectivity index (χ2v) is 7.06. The number of fused-ring (bicyclic) bond motifs is 1. The Bertz CT molecular complexity index is 703. The molecule has 0 bridgehead atoms. The molecule has 1 amide bonds. The highest BCUT2D eigenvalue weighted by atomic mass is 32.1. The van der Waals surface area contributed by atoms with Gasteiger partial charge < -0.3 is 10.6 Å². The lowest BCUT2D eigenvalue weighted by Crippen LogP contribution is -2.26. The van der Waals surface area contributed by atoms with Gasteiger partial charge in [0.05, 0.1) is 0 Å². The van der Waals surface area contributed by atoms with Gasteiger partial charge in [-0.25, -0.2) is 4.98 Å². The van der Waals surface area contributed by atoms with E-state index in [2.05, 4.69) is 31.1 Å². The Morgan fingerprint density at radius 2 is 2.13 bits per heavy atom. The Morgan fingerprint density at radius 3 is 3.00 bits per heavy atom. The number of aromatic nitrogens is 3. The molecule has 0 atom stereocenters. The summed E-state index contributed by atoms with van der Waals surface area (Å²) in [6.07, 6.45) is 5.05. The van der Waals surface area contributed by atoms with Gasteiger partial charge >= 0.3 is 0 Å². The molecule has 0 aromatic carbocycles. The maximum Gasteiger partial charge on any atom is 0.278 e. The number of piperidine rings is 1. The third-order valence-electron chi connectivity index (χ3n) is 4.51. The van der Waals surface area contributed by atoms with Crippen molar-refractivity contribution in [2.24, 2.45) is 0 Å². The molecule has 4 rings (SSSR count). The van der Waals surface area contributed by atoms with Crippen LogP contribution in [0.1, 0.15) is 45.4 Å². The molecule has 2 aromatic rings. The average Bonchev–Trinajstić information content (AvgIpc) is 3.22. The van der Waals surface area contributed by atoms with E-state index < -0.39 is 0 Å². The largest absolute Gasteiger partial charge is 0.317 e. The zero-order valence-corrected chi connectivity index (χ0v) is 13.6. The van der Waals surface area contributed by atoms with Crippen LogP contribution in [0.2, 0.25) is 0 Å². The Morgan fingerprint density at radius 1 is 1.26 bits per heavy atom. The van der Waals surface area contributed by atoms with Crippen LogP contribution < -0.4 is 16.0 Å². The van der Waals surface area contributed by atoms with E-state index in [1.165, 1.54) is 4.88 Å². The zero-order valence-electron chi connectivity index (χ0n) is 12.8. The molecule has 0 unspecified atom stereocenters. The maximum atomic E-state index is 12.5. The number of thiazole rings is 1. The van der Waals surface area contributed by atoms with Gasteiger partial charge in [-0.05, 0) is 31.8 Å². The highest BCUT2D eigenvalue weighted by molar-refractivity contribution is 7.15. The van der Waals surface area contributed by atoms with Gasteiger partial charge in [0.15, 0.2) is 10.8 Å². The van der Waals surface area contributed by atoms with Crippen LogP contribution in [0.3, 0.4) is 0 Å². The number of carbonyl (C=O) groups excluding carboxylic acids is 1. The Hall–Kier alpha value is -1.77. The first kappa shape index (κ1) is 14.8. The molecule has 0 radical (unpaired) electrons. The number of carbonyl (C=O) groups is 1. The van der Waals surface area contributed by atoms with Crippen LogP contribution in [0, 0.1) is 0 Å². The first-order valence-corrected chi connectivity index (χ1v) is 8.87. The minimum absolute atomic E-state index is 0.183. The second-order valence-electron chi connectivity index (χ2n) is 6.00. The predicted octanol–water partition coefficient (Wildman–Crippen LogP) is 1.23. The summed E-state index contributed by atoms with van der Waals surface area (Å²) < 4.78 is 0. The van der Waals surface area contributed by atoms with Gasteiger partial charge in [0.1, 0.15) is 0 Å². The number of hydrogen-bond donors (Lipinski definition) is 4. The number of nitrogens with one attached hydrogen (secondary N) is 4. The lowest BCUT2D eigenvalue weighted by molar-refractivity contribution is 0.102. The normalized spacial score (nSPS) is 18.6. The molecule has 1 fully saturated rings. The van der Waals surface area contributed by atoms with Gasteiger partial charge in [-0.2, -0.15) is 5.10 Å². The molecule has 7 nitrogen and oxygen atoms in total. The zero-order chi connectivity index (χ0) is 15.6. The number of nitrogens with zero attached hydrogens (tertiary/aromatic N) is 2. The first-order chi connectivity index (χ1) is 11.3. The van der Waals surface area contributed by atoms with E-state index in [-0.39, 0.29) is 5.91 Å². The van der Waals surface area contributed by atoms with Crippen molar-refractivity contribution in [3.05, 3.63) is 28.0 Å². The molecule has 0 spiro atoms. The lowest BCUT2D eigenvalue weighted by Gasteiger charge is -2.20. The summed E-state index contributed by atoms with van der Waals surface area (Å²) in [6, 6.07) is 0. The smallest absolute Gasteiger partial charge is 0.278 e. The van der Waals surface area contributed by atoms with Gasteiger partial charge in [0.2, 0.25) is 0 Å². The molecule has 2 aliphatic heterocycles. The maximum absolute atomic E-state index is 12.5. The van der Waals surface area contributed by atoms with Crippen LogP contribution in [-0.2, 0) is 13.0 Å². The number of aromatic amines is 1. The quantitative estimate of drug-likeness (QED) is 0.678. The molecule has 4 heterocycles. The molecule has 2 aromatic heterocycles. The standard InChI is InChI=1S/C15H20N6OS/c22-14(13-10-7-17-6-3-11(10)20-21-13)19-15-18-8-12(23-15)9-1-4-16-5-2-9/h8-9,16-17H,1-7H2,(H,20,21)(H,18,19,22). The summed E-state index contributed by atoms with van der Waals surface area (Å²) in [6.45, 7) is 3.71. The van der Waals surface area contributed by atoms with Crippen LogP contribution >= 0.6 is 11.3 Å². The third kappa shape index (κ3) is 3.01. The van der Waals surface area contributed by atoms with Crippen LogP contribution in [0.4, 0.5) is 5.13 Å². The SMILES string of the molecule is O=C(Nc1ncc(C2CCNCC2)s1)c1n[nH]c2c1CNCC2. The topological polar surface area (TPSA) is 94.7 Å². The molecule has 0 saturated carbocycles. The van der Waals surface area contributed by atoms with E-state index in [1.807, 2.05) is 6.20 Å². The summed E-state index contributed by atoms with van der Waals surface area (Å²) >= 11 is 1.58. The Labute approximate surface area is 138 Å². The minimum Gasteiger partial charge on any atom is -0.317 e. The van der Waals surface area contributed by atoms with Crippen molar-refractivity contribution in [3.63, 3.8) is 0 Å². The van der Waals surface area contributed by atoms with Crippen molar-refractivity contribution < 1.29 is 4.79 Å². The first-order valence-electron chi connectivity index (χ1n) is 8.06. The molecular formula is C15H20N6OS. The molecule has 8 heteroatoms. The number of rotatable bonds is 3. The van der Waals surface area contributed by atoms with E-state index >= 15 is 0 Å². The van der Waals surface area contributed by atoms with Gasteiger partial charge in [0.25, 0.3) is 5.91 Å². The number of hydrogen-bond acceptors (Lipinski definition) is 6. The monoisotopic (exact) mass is 332 g/mol. The summed E-state index contributed by atoms with van der Waals surface area (Å²) in [5.74, 6) is 0.374. The Balaban J connectivity index is 1.46. The van der Waals surface area contributed by atoms with Crippen LogP contribution in [0.25, 0.3) is 0 Å². The lowest BCUT2D eigenvalue weighted by atomic mass is 9.97. The molecular weight excluding hydrogens is 312 g/mol. The van der Waals surface area contributed by atoms with Crippen molar-refractivity contribution in [2.45, 2.75) is 31.7 Å². The summed E-state index contributed by atoms with van der Waals surface area (Å²) in [5, 5.41) is 17.4. The summed E-state index contributed by atoms with van der Waals surface area (Å²) in [4.78, 5) is 18.1. The van der Waals surface area contributed by atoms with E-state index in [0.29, 0.717) is 23.3 Å². The molecule has 1 saturated heterocycles. The number of amides is 1.